The second-order valence-corrected chi connectivity index (χ2v) is 6.76. The molecule has 126 valence electrons. The number of rotatable bonds is 3. The van der Waals surface area contributed by atoms with Crippen LogP contribution in [0.3, 0.4) is 0 Å². The van der Waals surface area contributed by atoms with Gasteiger partial charge < -0.3 is 5.32 Å². The van der Waals surface area contributed by atoms with Crippen LogP contribution in [0.25, 0.3) is 0 Å². The van der Waals surface area contributed by atoms with Gasteiger partial charge in [0.25, 0.3) is 0 Å². The normalized spacial score (nSPS) is 24.0. The summed E-state index contributed by atoms with van der Waals surface area (Å²) in [6.45, 7) is 3.42. The van der Waals surface area contributed by atoms with E-state index < -0.39 is 6.04 Å². The molecule has 1 heterocycles. The van der Waals surface area contributed by atoms with Gasteiger partial charge >= 0.3 is 0 Å². The monoisotopic (exact) mass is 346 g/mol. The number of carbonyl (C=O) groups is 3. The van der Waals surface area contributed by atoms with Gasteiger partial charge in [-0.2, -0.15) is 0 Å². The summed E-state index contributed by atoms with van der Waals surface area (Å²) >= 11 is 5.91. The van der Waals surface area contributed by atoms with Crippen molar-refractivity contribution in [3.05, 3.63) is 40.9 Å². The van der Waals surface area contributed by atoms with E-state index in [2.05, 4.69) is 5.32 Å². The zero-order valence-electron chi connectivity index (χ0n) is 13.6. The summed E-state index contributed by atoms with van der Waals surface area (Å²) in [5.41, 5.74) is 1.44. The van der Waals surface area contributed by atoms with E-state index in [9.17, 15) is 14.4 Å². The van der Waals surface area contributed by atoms with Crippen molar-refractivity contribution in [2.45, 2.75) is 32.7 Å². The van der Waals surface area contributed by atoms with Crippen molar-refractivity contribution in [3.8, 4) is 0 Å². The van der Waals surface area contributed by atoms with E-state index in [-0.39, 0.29) is 29.6 Å². The van der Waals surface area contributed by atoms with Gasteiger partial charge in [0.1, 0.15) is 6.04 Å². The summed E-state index contributed by atoms with van der Waals surface area (Å²) in [6.07, 6.45) is 4.99. The zero-order chi connectivity index (χ0) is 17.4. The molecule has 24 heavy (non-hydrogen) atoms. The molecule has 6 heteroatoms. The Morgan fingerprint density at radius 3 is 2.33 bits per heavy atom. The number of carbonyl (C=O) groups excluding carboxylic acids is 3. The number of halogens is 1. The minimum Gasteiger partial charge on any atom is -0.324 e. The molecular formula is C18H19ClN2O3. The van der Waals surface area contributed by atoms with Crippen molar-refractivity contribution in [3.63, 3.8) is 0 Å². The first kappa shape index (κ1) is 16.7. The van der Waals surface area contributed by atoms with Crippen molar-refractivity contribution in [1.82, 2.24) is 4.90 Å². The molecule has 3 rings (SSSR count). The number of anilines is 1. The van der Waals surface area contributed by atoms with Gasteiger partial charge in [-0.1, -0.05) is 23.8 Å². The molecule has 1 aliphatic heterocycles. The Morgan fingerprint density at radius 1 is 1.21 bits per heavy atom. The van der Waals surface area contributed by atoms with Crippen LogP contribution in [0.15, 0.2) is 30.4 Å². The number of aryl methyl sites for hydroxylation is 1. The average molecular weight is 347 g/mol. The van der Waals surface area contributed by atoms with Crippen molar-refractivity contribution >= 4 is 35.0 Å². The summed E-state index contributed by atoms with van der Waals surface area (Å²) < 4.78 is 0. The van der Waals surface area contributed by atoms with Crippen molar-refractivity contribution in [2.75, 3.05) is 5.32 Å². The number of imide groups is 1. The average Bonchev–Trinajstić information content (AvgIpc) is 2.81. The number of fused-ring (bicyclic) bond motifs is 1. The first-order valence-electron chi connectivity index (χ1n) is 7.99. The van der Waals surface area contributed by atoms with Crippen LogP contribution in [0, 0.1) is 18.8 Å². The van der Waals surface area contributed by atoms with Crippen LogP contribution in [0.2, 0.25) is 5.02 Å². The number of amides is 3. The third-order valence-electron chi connectivity index (χ3n) is 4.75. The van der Waals surface area contributed by atoms with E-state index in [0.29, 0.717) is 23.6 Å². The Morgan fingerprint density at radius 2 is 1.79 bits per heavy atom. The van der Waals surface area contributed by atoms with Crippen molar-refractivity contribution in [2.24, 2.45) is 11.8 Å². The van der Waals surface area contributed by atoms with Crippen LogP contribution < -0.4 is 5.32 Å². The number of nitrogens with zero attached hydrogens (tertiary/aromatic N) is 1. The number of benzene rings is 1. The van der Waals surface area contributed by atoms with Crippen LogP contribution in [-0.2, 0) is 14.4 Å². The Labute approximate surface area is 145 Å². The molecule has 0 unspecified atom stereocenters. The summed E-state index contributed by atoms with van der Waals surface area (Å²) in [4.78, 5) is 38.7. The molecule has 3 amide bonds. The molecule has 1 aliphatic carbocycles. The van der Waals surface area contributed by atoms with Crippen LogP contribution in [0.4, 0.5) is 5.69 Å². The zero-order valence-corrected chi connectivity index (χ0v) is 14.3. The highest BCUT2D eigenvalue weighted by atomic mass is 35.5. The molecule has 0 bridgehead atoms. The molecule has 0 radical (unpaired) electrons. The second-order valence-electron chi connectivity index (χ2n) is 6.33. The maximum atomic E-state index is 12.5. The highest BCUT2D eigenvalue weighted by Gasteiger charge is 2.50. The van der Waals surface area contributed by atoms with E-state index in [1.807, 2.05) is 19.1 Å². The van der Waals surface area contributed by atoms with Gasteiger partial charge in [-0.05, 0) is 50.5 Å². The Kier molecular flexibility index (Phi) is 4.45. The lowest BCUT2D eigenvalue weighted by Crippen LogP contribution is -2.46. The van der Waals surface area contributed by atoms with Gasteiger partial charge in [-0.3, -0.25) is 19.3 Å². The molecule has 0 aromatic heterocycles. The maximum Gasteiger partial charge on any atom is 0.247 e. The van der Waals surface area contributed by atoms with Gasteiger partial charge in [0, 0.05) is 10.7 Å². The molecule has 0 spiro atoms. The second kappa shape index (κ2) is 6.40. The summed E-state index contributed by atoms with van der Waals surface area (Å²) in [5.74, 6) is -1.52. The predicted octanol–water partition coefficient (Wildman–Crippen LogP) is 2.93. The van der Waals surface area contributed by atoms with Gasteiger partial charge in [-0.25, -0.2) is 0 Å². The molecule has 1 fully saturated rings. The molecule has 2 aliphatic rings. The largest absolute Gasteiger partial charge is 0.324 e. The Balaban J connectivity index is 1.76. The topological polar surface area (TPSA) is 66.5 Å². The first-order valence-corrected chi connectivity index (χ1v) is 8.37. The maximum absolute atomic E-state index is 12.5. The fourth-order valence-corrected chi connectivity index (χ4v) is 3.56. The summed E-state index contributed by atoms with van der Waals surface area (Å²) in [7, 11) is 0. The molecule has 1 aromatic carbocycles. The minimum atomic E-state index is -0.842. The number of likely N-dealkylation sites (tertiary alicyclic amines) is 1. The number of nitrogens with one attached hydrogen (secondary N) is 1. The van der Waals surface area contributed by atoms with E-state index in [0.717, 1.165) is 10.5 Å². The molecular weight excluding hydrogens is 328 g/mol. The summed E-state index contributed by atoms with van der Waals surface area (Å²) in [6, 6.07) is 4.29. The fraction of sp³-hybridized carbons (Fsp3) is 0.389. The third-order valence-corrected chi connectivity index (χ3v) is 4.99. The number of hydrogen-bond acceptors (Lipinski definition) is 3. The van der Waals surface area contributed by atoms with Gasteiger partial charge in [0.15, 0.2) is 0 Å². The number of hydrogen-bond donors (Lipinski definition) is 1. The molecule has 1 N–H and O–H groups in total. The van der Waals surface area contributed by atoms with E-state index in [1.165, 1.54) is 0 Å². The lowest BCUT2D eigenvalue weighted by molar-refractivity contribution is -0.146. The van der Waals surface area contributed by atoms with Gasteiger partial charge in [0.05, 0.1) is 11.8 Å². The van der Waals surface area contributed by atoms with Gasteiger partial charge in [0.2, 0.25) is 17.7 Å². The third kappa shape index (κ3) is 2.84. The highest BCUT2D eigenvalue weighted by Crippen LogP contribution is 2.36. The summed E-state index contributed by atoms with van der Waals surface area (Å²) in [5, 5.41) is 3.36. The molecule has 1 saturated heterocycles. The quantitative estimate of drug-likeness (QED) is 0.676. The van der Waals surface area contributed by atoms with E-state index >= 15 is 0 Å². The smallest absolute Gasteiger partial charge is 0.247 e. The van der Waals surface area contributed by atoms with E-state index in [1.54, 1.807) is 25.1 Å². The Hall–Kier alpha value is -2.14. The highest BCUT2D eigenvalue weighted by molar-refractivity contribution is 6.30. The SMILES string of the molecule is Cc1cc(Cl)ccc1NC(=O)[C@H](C)N1C(=O)[C@@H]2CC=CC[C@H]2C1=O. The predicted molar refractivity (Wildman–Crippen MR) is 91.5 cm³/mol. The van der Waals surface area contributed by atoms with Crippen molar-refractivity contribution in [1.29, 1.82) is 0 Å². The molecule has 3 atom stereocenters. The van der Waals surface area contributed by atoms with Crippen LogP contribution in [0.5, 0.6) is 0 Å². The Bertz CT molecular complexity index is 718. The molecule has 1 aromatic rings. The van der Waals surface area contributed by atoms with E-state index in [4.69, 9.17) is 11.6 Å². The lowest BCUT2D eigenvalue weighted by atomic mass is 9.85. The number of allylic oxidation sites excluding steroid dienone is 2. The van der Waals surface area contributed by atoms with Crippen LogP contribution in [-0.4, -0.2) is 28.7 Å². The van der Waals surface area contributed by atoms with Gasteiger partial charge in [-0.15, -0.1) is 0 Å². The molecule has 0 saturated carbocycles. The van der Waals surface area contributed by atoms with Crippen molar-refractivity contribution < 1.29 is 14.4 Å². The lowest BCUT2D eigenvalue weighted by Gasteiger charge is -2.22. The fourth-order valence-electron chi connectivity index (χ4n) is 3.33. The first-order chi connectivity index (χ1) is 11.4. The molecule has 5 nitrogen and oxygen atoms in total. The van der Waals surface area contributed by atoms with Crippen LogP contribution in [0.1, 0.15) is 25.3 Å². The standard InChI is InChI=1S/C18H19ClN2O3/c1-10-9-12(19)7-8-15(10)20-16(22)11(2)21-17(23)13-5-3-4-6-14(13)18(21)24/h3-4,7-9,11,13-14H,5-6H2,1-2H3,(H,20,22)/t11-,13+,14+/m0/s1. The van der Waals surface area contributed by atoms with Crippen LogP contribution >= 0.6 is 11.6 Å². The minimum absolute atomic E-state index is 0.246.